The highest BCUT2D eigenvalue weighted by Crippen LogP contribution is 2.11. The number of rotatable bonds is 8. The molecule has 0 aliphatic carbocycles. The molecule has 0 fully saturated rings. The summed E-state index contributed by atoms with van der Waals surface area (Å²) in [5, 5.41) is 3.97. The molecule has 0 saturated carbocycles. The van der Waals surface area contributed by atoms with Crippen LogP contribution in [0.1, 0.15) is 12.1 Å². The molecule has 17 heavy (non-hydrogen) atoms. The van der Waals surface area contributed by atoms with E-state index in [2.05, 4.69) is 15.3 Å². The number of H-pyrrole nitrogens is 1. The zero-order valence-electron chi connectivity index (χ0n) is 10.3. The molecule has 0 spiro atoms. The predicted molar refractivity (Wildman–Crippen MR) is 69.7 cm³/mol. The molecule has 0 atom stereocenters. The SMILES string of the molecule is COCCNCCCSc1nc(C)cc(=O)[nH]1. The maximum atomic E-state index is 11.2. The minimum absolute atomic E-state index is 0.0850. The van der Waals surface area contributed by atoms with Gasteiger partial charge in [-0.3, -0.25) is 4.79 Å². The van der Waals surface area contributed by atoms with Crippen molar-refractivity contribution in [2.45, 2.75) is 18.5 Å². The van der Waals surface area contributed by atoms with Gasteiger partial charge in [0.25, 0.3) is 5.56 Å². The van der Waals surface area contributed by atoms with Gasteiger partial charge in [-0.25, -0.2) is 4.98 Å². The van der Waals surface area contributed by atoms with E-state index in [1.165, 1.54) is 6.07 Å². The van der Waals surface area contributed by atoms with Gasteiger partial charge >= 0.3 is 0 Å². The molecule has 1 aromatic heterocycles. The molecule has 0 aliphatic rings. The fourth-order valence-corrected chi connectivity index (χ4v) is 2.15. The molecule has 0 saturated heterocycles. The van der Waals surface area contributed by atoms with Gasteiger partial charge in [0, 0.05) is 31.2 Å². The number of nitrogens with one attached hydrogen (secondary N) is 2. The molecule has 0 aromatic carbocycles. The Kier molecular flexibility index (Phi) is 6.91. The fourth-order valence-electron chi connectivity index (χ4n) is 1.29. The number of methoxy groups -OCH3 is 1. The second kappa shape index (κ2) is 8.27. The Morgan fingerprint density at radius 1 is 1.53 bits per heavy atom. The quantitative estimate of drug-likeness (QED) is 0.409. The van der Waals surface area contributed by atoms with Crippen molar-refractivity contribution in [1.29, 1.82) is 0 Å². The van der Waals surface area contributed by atoms with Gasteiger partial charge in [0.05, 0.1) is 6.61 Å². The lowest BCUT2D eigenvalue weighted by molar-refractivity contribution is 0.199. The Morgan fingerprint density at radius 3 is 3.06 bits per heavy atom. The van der Waals surface area contributed by atoms with Gasteiger partial charge in [-0.15, -0.1) is 0 Å². The van der Waals surface area contributed by atoms with Crippen LogP contribution in [0.4, 0.5) is 0 Å². The van der Waals surface area contributed by atoms with Gasteiger partial charge < -0.3 is 15.0 Å². The monoisotopic (exact) mass is 257 g/mol. The van der Waals surface area contributed by atoms with Crippen molar-refractivity contribution in [2.24, 2.45) is 0 Å². The van der Waals surface area contributed by atoms with Crippen LogP contribution < -0.4 is 10.9 Å². The summed E-state index contributed by atoms with van der Waals surface area (Å²) in [7, 11) is 1.69. The summed E-state index contributed by atoms with van der Waals surface area (Å²) in [6.07, 6.45) is 1.03. The van der Waals surface area contributed by atoms with Gasteiger partial charge in [-0.2, -0.15) is 0 Å². The number of aromatic amines is 1. The standard InChI is InChI=1S/C11H19N3O2S/c1-9-8-10(15)14-11(13-9)17-7-3-4-12-5-6-16-2/h8,12H,3-7H2,1-2H3,(H,13,14,15). The van der Waals surface area contributed by atoms with Gasteiger partial charge in [-0.05, 0) is 19.9 Å². The van der Waals surface area contributed by atoms with Crippen molar-refractivity contribution in [2.75, 3.05) is 32.6 Å². The number of thioether (sulfide) groups is 1. The van der Waals surface area contributed by atoms with E-state index in [0.29, 0.717) is 5.16 Å². The first-order valence-corrected chi connectivity index (χ1v) is 6.61. The average Bonchev–Trinajstić information content (AvgIpc) is 2.26. The molecule has 0 amide bonds. The Hall–Kier alpha value is -0.850. The molecule has 5 nitrogen and oxygen atoms in total. The number of aromatic nitrogens is 2. The smallest absolute Gasteiger partial charge is 0.251 e. The molecule has 96 valence electrons. The molecular weight excluding hydrogens is 238 g/mol. The van der Waals surface area contributed by atoms with Crippen LogP contribution in [0.5, 0.6) is 0 Å². The Morgan fingerprint density at radius 2 is 2.35 bits per heavy atom. The summed E-state index contributed by atoms with van der Waals surface area (Å²) in [4.78, 5) is 18.1. The average molecular weight is 257 g/mol. The highest BCUT2D eigenvalue weighted by atomic mass is 32.2. The topological polar surface area (TPSA) is 67.0 Å². The van der Waals surface area contributed by atoms with Crippen molar-refractivity contribution in [3.05, 3.63) is 22.1 Å². The molecule has 1 heterocycles. The van der Waals surface area contributed by atoms with Crippen LogP contribution in [0.2, 0.25) is 0 Å². The third-order valence-electron chi connectivity index (χ3n) is 2.07. The molecule has 0 unspecified atom stereocenters. The highest BCUT2D eigenvalue weighted by molar-refractivity contribution is 7.99. The second-order valence-corrected chi connectivity index (χ2v) is 4.72. The minimum atomic E-state index is -0.0850. The largest absolute Gasteiger partial charge is 0.383 e. The van der Waals surface area contributed by atoms with Crippen molar-refractivity contribution < 1.29 is 4.74 Å². The lowest BCUT2D eigenvalue weighted by Gasteiger charge is -2.04. The predicted octanol–water partition coefficient (Wildman–Crippen LogP) is 0.797. The highest BCUT2D eigenvalue weighted by Gasteiger charge is 1.98. The van der Waals surface area contributed by atoms with Crippen LogP contribution in [-0.4, -0.2) is 42.5 Å². The maximum absolute atomic E-state index is 11.2. The van der Waals surface area contributed by atoms with E-state index in [1.807, 2.05) is 6.92 Å². The lowest BCUT2D eigenvalue weighted by Crippen LogP contribution is -2.20. The zero-order chi connectivity index (χ0) is 12.5. The van der Waals surface area contributed by atoms with E-state index < -0.39 is 0 Å². The number of hydrogen-bond donors (Lipinski definition) is 2. The first-order valence-electron chi connectivity index (χ1n) is 5.63. The second-order valence-electron chi connectivity index (χ2n) is 3.64. The number of aryl methyl sites for hydroxylation is 1. The Balaban J connectivity index is 2.16. The van der Waals surface area contributed by atoms with Gasteiger partial charge in [0.2, 0.25) is 0 Å². The fraction of sp³-hybridized carbons (Fsp3) is 0.636. The summed E-state index contributed by atoms with van der Waals surface area (Å²) in [6, 6.07) is 1.50. The van der Waals surface area contributed by atoms with Gasteiger partial charge in [-0.1, -0.05) is 11.8 Å². The third kappa shape index (κ3) is 6.45. The van der Waals surface area contributed by atoms with E-state index in [4.69, 9.17) is 4.74 Å². The normalized spacial score (nSPS) is 10.7. The molecule has 0 aliphatic heterocycles. The lowest BCUT2D eigenvalue weighted by atomic mass is 10.5. The van der Waals surface area contributed by atoms with Gasteiger partial charge in [0.1, 0.15) is 0 Å². The zero-order valence-corrected chi connectivity index (χ0v) is 11.1. The number of hydrogen-bond acceptors (Lipinski definition) is 5. The minimum Gasteiger partial charge on any atom is -0.383 e. The van der Waals surface area contributed by atoms with E-state index in [-0.39, 0.29) is 5.56 Å². The maximum Gasteiger partial charge on any atom is 0.251 e. The molecule has 0 bridgehead atoms. The van der Waals surface area contributed by atoms with Crippen LogP contribution in [0.25, 0.3) is 0 Å². The Labute approximate surface area is 105 Å². The molecular formula is C11H19N3O2S. The van der Waals surface area contributed by atoms with Crippen LogP contribution in [0, 0.1) is 6.92 Å². The van der Waals surface area contributed by atoms with Crippen molar-refractivity contribution >= 4 is 11.8 Å². The molecule has 0 radical (unpaired) electrons. The van der Waals surface area contributed by atoms with E-state index in [9.17, 15) is 4.79 Å². The summed E-state index contributed by atoms with van der Waals surface area (Å²) < 4.78 is 4.93. The summed E-state index contributed by atoms with van der Waals surface area (Å²) in [5.41, 5.74) is 0.674. The van der Waals surface area contributed by atoms with E-state index in [0.717, 1.165) is 37.6 Å². The van der Waals surface area contributed by atoms with E-state index >= 15 is 0 Å². The first kappa shape index (κ1) is 14.2. The van der Waals surface area contributed by atoms with Crippen LogP contribution in [0.3, 0.4) is 0 Å². The van der Waals surface area contributed by atoms with Crippen molar-refractivity contribution in [3.63, 3.8) is 0 Å². The molecule has 2 N–H and O–H groups in total. The van der Waals surface area contributed by atoms with E-state index in [1.54, 1.807) is 18.9 Å². The summed E-state index contributed by atoms with van der Waals surface area (Å²) >= 11 is 1.57. The number of ether oxygens (including phenoxy) is 1. The van der Waals surface area contributed by atoms with Crippen molar-refractivity contribution in [3.8, 4) is 0 Å². The molecule has 1 aromatic rings. The van der Waals surface area contributed by atoms with Crippen LogP contribution in [-0.2, 0) is 4.74 Å². The van der Waals surface area contributed by atoms with Crippen LogP contribution >= 0.6 is 11.8 Å². The first-order chi connectivity index (χ1) is 8.22. The van der Waals surface area contributed by atoms with Gasteiger partial charge in [0.15, 0.2) is 5.16 Å². The Bertz CT molecular complexity index is 381. The summed E-state index contributed by atoms with van der Waals surface area (Å²) in [5.74, 6) is 0.937. The van der Waals surface area contributed by atoms with Crippen LogP contribution in [0.15, 0.2) is 16.0 Å². The van der Waals surface area contributed by atoms with Crippen molar-refractivity contribution in [1.82, 2.24) is 15.3 Å². The third-order valence-corrected chi connectivity index (χ3v) is 3.03. The summed E-state index contributed by atoms with van der Waals surface area (Å²) in [6.45, 7) is 4.39. The number of nitrogens with zero attached hydrogens (tertiary/aromatic N) is 1. The molecule has 6 heteroatoms. The molecule has 1 rings (SSSR count).